The summed E-state index contributed by atoms with van der Waals surface area (Å²) in [5.41, 5.74) is 1.42. The highest BCUT2D eigenvalue weighted by Crippen LogP contribution is 2.17. The van der Waals surface area contributed by atoms with Crippen molar-refractivity contribution in [2.24, 2.45) is 0 Å². The van der Waals surface area contributed by atoms with E-state index in [1.54, 1.807) is 54.6 Å². The van der Waals surface area contributed by atoms with Crippen LogP contribution in [0.1, 0.15) is 15.9 Å². The van der Waals surface area contributed by atoms with E-state index in [1.165, 1.54) is 0 Å². The molecule has 4 nitrogen and oxygen atoms in total. The first-order chi connectivity index (χ1) is 10.2. The maximum Gasteiger partial charge on any atom is 0.255 e. The van der Waals surface area contributed by atoms with Crippen molar-refractivity contribution >= 4 is 11.6 Å². The molecule has 0 unspecified atom stereocenters. The predicted molar refractivity (Wildman–Crippen MR) is 81.2 cm³/mol. The van der Waals surface area contributed by atoms with Crippen LogP contribution in [-0.4, -0.2) is 12.5 Å². The lowest BCUT2D eigenvalue weighted by atomic mass is 10.1. The summed E-state index contributed by atoms with van der Waals surface area (Å²) in [7, 11) is 0. The summed E-state index contributed by atoms with van der Waals surface area (Å²) >= 11 is 0. The number of rotatable bonds is 5. The van der Waals surface area contributed by atoms with Crippen LogP contribution in [0, 0.1) is 11.3 Å². The van der Waals surface area contributed by atoms with Gasteiger partial charge in [-0.2, -0.15) is 5.26 Å². The summed E-state index contributed by atoms with van der Waals surface area (Å²) in [5.74, 6) is 0.400. The van der Waals surface area contributed by atoms with Gasteiger partial charge in [-0.15, -0.1) is 0 Å². The quantitative estimate of drug-likeness (QED) is 0.853. The van der Waals surface area contributed by atoms with E-state index in [1.807, 2.05) is 6.07 Å². The average molecular weight is 278 g/mol. The number of para-hydroxylation sites is 1. The Morgan fingerprint density at radius 1 is 1.24 bits per heavy atom. The first-order valence-electron chi connectivity index (χ1n) is 6.39. The van der Waals surface area contributed by atoms with Crippen LogP contribution in [-0.2, 0) is 0 Å². The highest BCUT2D eigenvalue weighted by molar-refractivity contribution is 6.04. The smallest absolute Gasteiger partial charge is 0.255 e. The molecule has 2 aromatic rings. The van der Waals surface area contributed by atoms with Gasteiger partial charge >= 0.3 is 0 Å². The third-order valence-electron chi connectivity index (χ3n) is 2.78. The Balaban J connectivity index is 2.10. The largest absolute Gasteiger partial charge is 0.490 e. The number of amides is 1. The molecular formula is C17H14N2O2. The van der Waals surface area contributed by atoms with Gasteiger partial charge in [-0.25, -0.2) is 0 Å². The third kappa shape index (κ3) is 3.71. The lowest BCUT2D eigenvalue weighted by Gasteiger charge is -2.08. The maximum atomic E-state index is 12.1. The van der Waals surface area contributed by atoms with Crippen LogP contribution >= 0.6 is 0 Å². The minimum atomic E-state index is -0.270. The van der Waals surface area contributed by atoms with Gasteiger partial charge in [0, 0.05) is 5.56 Å². The zero-order valence-electron chi connectivity index (χ0n) is 11.4. The number of carbonyl (C=O) groups is 1. The molecule has 0 aliphatic rings. The maximum absolute atomic E-state index is 12.1. The van der Waals surface area contributed by atoms with Crippen LogP contribution in [0.15, 0.2) is 61.2 Å². The number of hydrogen-bond acceptors (Lipinski definition) is 3. The van der Waals surface area contributed by atoms with Gasteiger partial charge in [-0.1, -0.05) is 24.8 Å². The molecule has 0 atom stereocenters. The fraction of sp³-hybridized carbons (Fsp3) is 0.0588. The summed E-state index contributed by atoms with van der Waals surface area (Å²) < 4.78 is 5.35. The van der Waals surface area contributed by atoms with E-state index in [9.17, 15) is 4.79 Å². The zero-order chi connectivity index (χ0) is 15.1. The lowest BCUT2D eigenvalue weighted by Crippen LogP contribution is -2.12. The second kappa shape index (κ2) is 6.92. The highest BCUT2D eigenvalue weighted by Gasteiger charge is 2.08. The van der Waals surface area contributed by atoms with E-state index in [0.717, 1.165) is 0 Å². The molecule has 0 fully saturated rings. The fourth-order valence-electron chi connectivity index (χ4n) is 1.74. The number of carbonyl (C=O) groups excluding carboxylic acids is 1. The molecular weight excluding hydrogens is 264 g/mol. The van der Waals surface area contributed by atoms with E-state index in [-0.39, 0.29) is 5.91 Å². The van der Waals surface area contributed by atoms with Crippen LogP contribution in [0.4, 0.5) is 5.69 Å². The molecule has 104 valence electrons. The number of ether oxygens (including phenoxy) is 1. The Morgan fingerprint density at radius 2 is 1.95 bits per heavy atom. The molecule has 0 aliphatic heterocycles. The Bertz CT molecular complexity index is 685. The lowest BCUT2D eigenvalue weighted by molar-refractivity contribution is 0.102. The standard InChI is InChI=1S/C17H14N2O2/c1-2-11-21-15-9-7-13(8-10-15)17(20)19-16-6-4-3-5-14(16)12-18/h2-10H,1,11H2,(H,19,20). The van der Waals surface area contributed by atoms with Gasteiger partial charge in [0.1, 0.15) is 18.4 Å². The number of nitrogens with one attached hydrogen (secondary N) is 1. The normalized spacial score (nSPS) is 9.48. The molecule has 1 N–H and O–H groups in total. The molecule has 0 saturated carbocycles. The molecule has 0 spiro atoms. The predicted octanol–water partition coefficient (Wildman–Crippen LogP) is 3.38. The van der Waals surface area contributed by atoms with E-state index < -0.39 is 0 Å². The Kier molecular flexibility index (Phi) is 4.73. The minimum absolute atomic E-state index is 0.270. The summed E-state index contributed by atoms with van der Waals surface area (Å²) in [5, 5.41) is 11.7. The van der Waals surface area contributed by atoms with Crippen molar-refractivity contribution in [2.45, 2.75) is 0 Å². The summed E-state index contributed by atoms with van der Waals surface area (Å²) in [6.07, 6.45) is 1.65. The number of nitriles is 1. The molecule has 0 heterocycles. The SMILES string of the molecule is C=CCOc1ccc(C(=O)Nc2ccccc2C#N)cc1. The Labute approximate surface area is 123 Å². The van der Waals surface area contributed by atoms with Crippen LogP contribution < -0.4 is 10.1 Å². The summed E-state index contributed by atoms with van der Waals surface area (Å²) in [6.45, 7) is 3.99. The van der Waals surface area contributed by atoms with E-state index >= 15 is 0 Å². The second-order valence-corrected chi connectivity index (χ2v) is 4.24. The topological polar surface area (TPSA) is 62.1 Å². The third-order valence-corrected chi connectivity index (χ3v) is 2.78. The average Bonchev–Trinajstić information content (AvgIpc) is 2.54. The first-order valence-corrected chi connectivity index (χ1v) is 6.39. The van der Waals surface area contributed by atoms with Gasteiger partial charge < -0.3 is 10.1 Å². The summed E-state index contributed by atoms with van der Waals surface area (Å²) in [6, 6.07) is 15.7. The van der Waals surface area contributed by atoms with Gasteiger partial charge in [-0.3, -0.25) is 4.79 Å². The van der Waals surface area contributed by atoms with E-state index in [4.69, 9.17) is 10.00 Å². The van der Waals surface area contributed by atoms with Crippen LogP contribution in [0.3, 0.4) is 0 Å². The van der Waals surface area contributed by atoms with Crippen molar-refractivity contribution in [3.05, 3.63) is 72.3 Å². The van der Waals surface area contributed by atoms with E-state index in [0.29, 0.717) is 29.2 Å². The molecule has 0 bridgehead atoms. The number of anilines is 1. The van der Waals surface area contributed by atoms with Crippen molar-refractivity contribution < 1.29 is 9.53 Å². The van der Waals surface area contributed by atoms with Crippen molar-refractivity contribution in [1.29, 1.82) is 5.26 Å². The second-order valence-electron chi connectivity index (χ2n) is 4.24. The molecule has 0 aromatic heterocycles. The molecule has 21 heavy (non-hydrogen) atoms. The molecule has 1 amide bonds. The van der Waals surface area contributed by atoms with Crippen LogP contribution in [0.5, 0.6) is 5.75 Å². The molecule has 4 heteroatoms. The summed E-state index contributed by atoms with van der Waals surface area (Å²) in [4.78, 5) is 12.1. The van der Waals surface area contributed by atoms with Crippen molar-refractivity contribution in [3.8, 4) is 11.8 Å². The molecule has 0 aliphatic carbocycles. The van der Waals surface area contributed by atoms with Gasteiger partial charge in [-0.05, 0) is 36.4 Å². The number of hydrogen-bond donors (Lipinski definition) is 1. The van der Waals surface area contributed by atoms with Crippen molar-refractivity contribution in [3.63, 3.8) is 0 Å². The molecule has 0 saturated heterocycles. The Hall–Kier alpha value is -3.06. The van der Waals surface area contributed by atoms with Gasteiger partial charge in [0.15, 0.2) is 0 Å². The number of nitrogens with zero attached hydrogens (tertiary/aromatic N) is 1. The van der Waals surface area contributed by atoms with Gasteiger partial charge in [0.05, 0.1) is 11.3 Å². The molecule has 2 rings (SSSR count). The monoisotopic (exact) mass is 278 g/mol. The van der Waals surface area contributed by atoms with Crippen molar-refractivity contribution in [2.75, 3.05) is 11.9 Å². The fourth-order valence-corrected chi connectivity index (χ4v) is 1.74. The van der Waals surface area contributed by atoms with Gasteiger partial charge in [0.25, 0.3) is 5.91 Å². The highest BCUT2D eigenvalue weighted by atomic mass is 16.5. The first kappa shape index (κ1) is 14.4. The number of benzene rings is 2. The van der Waals surface area contributed by atoms with Crippen LogP contribution in [0.25, 0.3) is 0 Å². The molecule has 0 radical (unpaired) electrons. The zero-order valence-corrected chi connectivity index (χ0v) is 11.4. The van der Waals surface area contributed by atoms with Gasteiger partial charge in [0.2, 0.25) is 0 Å². The molecule has 2 aromatic carbocycles. The van der Waals surface area contributed by atoms with Crippen LogP contribution in [0.2, 0.25) is 0 Å². The van der Waals surface area contributed by atoms with Crippen molar-refractivity contribution in [1.82, 2.24) is 0 Å². The minimum Gasteiger partial charge on any atom is -0.490 e. The Morgan fingerprint density at radius 3 is 2.62 bits per heavy atom. The van der Waals surface area contributed by atoms with E-state index in [2.05, 4.69) is 11.9 Å².